The van der Waals surface area contributed by atoms with E-state index in [1.807, 2.05) is 0 Å². The zero-order chi connectivity index (χ0) is 22.3. The van der Waals surface area contributed by atoms with E-state index in [4.69, 9.17) is 4.74 Å². The molecule has 1 aromatic carbocycles. The van der Waals surface area contributed by atoms with Gasteiger partial charge in [-0.1, -0.05) is 12.1 Å². The Morgan fingerprint density at radius 1 is 1.23 bits per heavy atom. The Morgan fingerprint density at radius 3 is 2.74 bits per heavy atom. The lowest BCUT2D eigenvalue weighted by Crippen LogP contribution is -2.51. The van der Waals surface area contributed by atoms with Crippen molar-refractivity contribution in [3.63, 3.8) is 0 Å². The van der Waals surface area contributed by atoms with Gasteiger partial charge in [-0.3, -0.25) is 14.4 Å². The average Bonchev–Trinajstić information content (AvgIpc) is 2.82. The fourth-order valence-corrected chi connectivity index (χ4v) is 6.63. The predicted molar refractivity (Wildman–Crippen MR) is 112 cm³/mol. The topological polar surface area (TPSA) is 122 Å². The van der Waals surface area contributed by atoms with Crippen molar-refractivity contribution in [2.24, 2.45) is 0 Å². The number of benzene rings is 1. The summed E-state index contributed by atoms with van der Waals surface area (Å²) in [5.74, 6) is -0.284. The molecule has 0 radical (unpaired) electrons. The lowest BCUT2D eigenvalue weighted by molar-refractivity contribution is -0.136. The molecule has 9 nitrogen and oxygen atoms in total. The van der Waals surface area contributed by atoms with Crippen LogP contribution in [-0.4, -0.2) is 73.3 Å². The molecule has 4 rings (SSSR count). The summed E-state index contributed by atoms with van der Waals surface area (Å²) in [6.07, 6.45) is 1.45. The highest BCUT2D eigenvalue weighted by Gasteiger charge is 2.42. The van der Waals surface area contributed by atoms with Crippen molar-refractivity contribution < 1.29 is 27.5 Å². The standard InChI is InChI=1S/C21H27N3O6S/c1-20(9-11-31(28,29)14-20)23-17(25)12-24-10-8-21(7-6-18(24)26)13-22-19(27)15-4-2-3-5-16(15)30-21/h2-5H,6-14H2,1H3,(H,22,27)(H,23,25)/t20-,21-/m1/s1. The number of sulfone groups is 1. The second-order valence-corrected chi connectivity index (χ2v) is 11.2. The summed E-state index contributed by atoms with van der Waals surface area (Å²) in [5, 5.41) is 5.69. The number of hydrogen-bond donors (Lipinski definition) is 2. The lowest BCUT2D eigenvalue weighted by atomic mass is 9.94. The van der Waals surface area contributed by atoms with Gasteiger partial charge in [0.05, 0.1) is 35.7 Å². The summed E-state index contributed by atoms with van der Waals surface area (Å²) in [5.41, 5.74) is -1.06. The number of nitrogens with one attached hydrogen (secondary N) is 2. The van der Waals surface area contributed by atoms with Crippen LogP contribution in [0, 0.1) is 0 Å². The van der Waals surface area contributed by atoms with Gasteiger partial charge in [0.15, 0.2) is 9.84 Å². The number of likely N-dealkylation sites (tertiary alicyclic amines) is 1. The summed E-state index contributed by atoms with van der Waals surface area (Å²) in [6.45, 7) is 2.17. The fourth-order valence-electron chi connectivity index (χ4n) is 4.54. The number of hydrogen-bond acceptors (Lipinski definition) is 6. The van der Waals surface area contributed by atoms with Crippen LogP contribution in [0.4, 0.5) is 0 Å². The third-order valence-electron chi connectivity index (χ3n) is 6.29. The van der Waals surface area contributed by atoms with Gasteiger partial charge in [0.2, 0.25) is 11.8 Å². The Morgan fingerprint density at radius 2 is 2.00 bits per heavy atom. The first kappa shape index (κ1) is 21.6. The van der Waals surface area contributed by atoms with Gasteiger partial charge in [-0.05, 0) is 31.9 Å². The molecule has 3 amide bonds. The van der Waals surface area contributed by atoms with Crippen molar-refractivity contribution in [1.82, 2.24) is 15.5 Å². The molecule has 2 saturated heterocycles. The van der Waals surface area contributed by atoms with E-state index in [-0.39, 0.29) is 48.7 Å². The molecule has 2 N–H and O–H groups in total. The minimum atomic E-state index is -3.15. The van der Waals surface area contributed by atoms with E-state index in [2.05, 4.69) is 10.6 Å². The maximum absolute atomic E-state index is 12.7. The molecule has 31 heavy (non-hydrogen) atoms. The molecule has 0 aromatic heterocycles. The Balaban J connectivity index is 1.42. The number of amides is 3. The number of rotatable bonds is 3. The maximum Gasteiger partial charge on any atom is 0.255 e. The van der Waals surface area contributed by atoms with Crippen LogP contribution in [0.2, 0.25) is 0 Å². The lowest BCUT2D eigenvalue weighted by Gasteiger charge is -2.32. The molecule has 168 valence electrons. The molecule has 10 heteroatoms. The van der Waals surface area contributed by atoms with Gasteiger partial charge in [-0.25, -0.2) is 8.42 Å². The van der Waals surface area contributed by atoms with Gasteiger partial charge in [-0.2, -0.15) is 0 Å². The van der Waals surface area contributed by atoms with E-state index in [0.29, 0.717) is 37.1 Å². The van der Waals surface area contributed by atoms with E-state index in [0.717, 1.165) is 0 Å². The monoisotopic (exact) mass is 449 g/mol. The second kappa shape index (κ2) is 7.81. The molecule has 2 atom stereocenters. The van der Waals surface area contributed by atoms with Crippen LogP contribution in [0.3, 0.4) is 0 Å². The van der Waals surface area contributed by atoms with E-state index in [9.17, 15) is 22.8 Å². The van der Waals surface area contributed by atoms with Gasteiger partial charge in [-0.15, -0.1) is 0 Å². The van der Waals surface area contributed by atoms with Crippen LogP contribution in [0.15, 0.2) is 24.3 Å². The molecule has 1 aromatic rings. The summed E-state index contributed by atoms with van der Waals surface area (Å²) >= 11 is 0. The third kappa shape index (κ3) is 4.68. The van der Waals surface area contributed by atoms with Crippen molar-refractivity contribution in [3.8, 4) is 5.75 Å². The first-order valence-electron chi connectivity index (χ1n) is 10.4. The van der Waals surface area contributed by atoms with Gasteiger partial charge in [0, 0.05) is 19.4 Å². The van der Waals surface area contributed by atoms with Crippen LogP contribution in [0.25, 0.3) is 0 Å². The highest BCUT2D eigenvalue weighted by Crippen LogP contribution is 2.33. The third-order valence-corrected chi connectivity index (χ3v) is 8.20. The van der Waals surface area contributed by atoms with Crippen molar-refractivity contribution >= 4 is 27.6 Å². The molecular formula is C21H27N3O6S. The first-order valence-corrected chi connectivity index (χ1v) is 12.3. The minimum Gasteiger partial charge on any atom is -0.485 e. The van der Waals surface area contributed by atoms with E-state index >= 15 is 0 Å². The largest absolute Gasteiger partial charge is 0.485 e. The highest BCUT2D eigenvalue weighted by atomic mass is 32.2. The highest BCUT2D eigenvalue weighted by molar-refractivity contribution is 7.91. The smallest absolute Gasteiger partial charge is 0.255 e. The molecule has 0 unspecified atom stereocenters. The molecule has 3 heterocycles. The van der Waals surface area contributed by atoms with Crippen LogP contribution in [0.1, 0.15) is 43.0 Å². The average molecular weight is 450 g/mol. The Bertz CT molecular complexity index is 1030. The Kier molecular flexibility index (Phi) is 5.45. The molecule has 0 aliphatic carbocycles. The molecule has 3 aliphatic rings. The number of carbonyl (C=O) groups is 3. The van der Waals surface area contributed by atoms with Gasteiger partial charge < -0.3 is 20.3 Å². The Labute approximate surface area is 181 Å². The van der Waals surface area contributed by atoms with Crippen molar-refractivity contribution in [2.45, 2.75) is 43.7 Å². The number of para-hydroxylation sites is 1. The molecule has 0 bridgehead atoms. The number of carbonyl (C=O) groups excluding carboxylic acids is 3. The molecule has 1 spiro atoms. The SMILES string of the molecule is C[C@@]1(NC(=O)CN2CC[C@]3(CCC2=O)CNC(=O)c2ccccc2O3)CCS(=O)(=O)C1. The zero-order valence-electron chi connectivity index (χ0n) is 17.5. The number of nitrogens with zero attached hydrogens (tertiary/aromatic N) is 1. The van der Waals surface area contributed by atoms with Crippen molar-refractivity contribution in [2.75, 3.05) is 31.1 Å². The second-order valence-electron chi connectivity index (χ2n) is 8.98. The summed E-state index contributed by atoms with van der Waals surface area (Å²) < 4.78 is 29.8. The zero-order valence-corrected chi connectivity index (χ0v) is 18.3. The van der Waals surface area contributed by atoms with Crippen molar-refractivity contribution in [3.05, 3.63) is 29.8 Å². The summed E-state index contributed by atoms with van der Waals surface area (Å²) in [6, 6.07) is 7.02. The van der Waals surface area contributed by atoms with Gasteiger partial charge >= 0.3 is 0 Å². The predicted octanol–water partition coefficient (Wildman–Crippen LogP) is 0.254. The molecular weight excluding hydrogens is 422 g/mol. The van der Waals surface area contributed by atoms with Crippen LogP contribution < -0.4 is 15.4 Å². The Hall–Kier alpha value is -2.62. The van der Waals surface area contributed by atoms with Crippen LogP contribution in [-0.2, 0) is 19.4 Å². The van der Waals surface area contributed by atoms with Crippen LogP contribution in [0.5, 0.6) is 5.75 Å². The summed E-state index contributed by atoms with van der Waals surface area (Å²) in [4.78, 5) is 39.1. The van der Waals surface area contributed by atoms with E-state index in [1.54, 1.807) is 31.2 Å². The minimum absolute atomic E-state index is 0.0550. The number of fused-ring (bicyclic) bond motifs is 1. The molecule has 3 aliphatic heterocycles. The normalized spacial score (nSPS) is 30.0. The summed E-state index contributed by atoms with van der Waals surface area (Å²) in [7, 11) is -3.15. The van der Waals surface area contributed by atoms with Gasteiger partial charge in [0.1, 0.15) is 11.4 Å². The molecule has 0 saturated carbocycles. The molecule has 2 fully saturated rings. The van der Waals surface area contributed by atoms with Gasteiger partial charge in [0.25, 0.3) is 5.91 Å². The van der Waals surface area contributed by atoms with Crippen LogP contribution >= 0.6 is 0 Å². The number of ether oxygens (including phenoxy) is 1. The van der Waals surface area contributed by atoms with E-state index < -0.39 is 21.0 Å². The quantitative estimate of drug-likeness (QED) is 0.682. The fraction of sp³-hybridized carbons (Fsp3) is 0.571. The van der Waals surface area contributed by atoms with E-state index in [1.165, 1.54) is 4.90 Å². The first-order chi connectivity index (χ1) is 14.6. The maximum atomic E-state index is 12.7. The van der Waals surface area contributed by atoms with Crippen molar-refractivity contribution in [1.29, 1.82) is 0 Å².